The van der Waals surface area contributed by atoms with Crippen molar-refractivity contribution in [2.45, 2.75) is 89.2 Å². The summed E-state index contributed by atoms with van der Waals surface area (Å²) in [7, 11) is 2.31. The van der Waals surface area contributed by atoms with Crippen LogP contribution in [0.4, 0.5) is 9.93 Å². The molecule has 1 N–H and O–H groups in total. The first-order valence-electron chi connectivity index (χ1n) is 14.1. The number of carbonyl (C=O) groups excluding carboxylic acids is 2. The van der Waals surface area contributed by atoms with Gasteiger partial charge < -0.3 is 19.9 Å². The van der Waals surface area contributed by atoms with Crippen LogP contribution in [0.5, 0.6) is 0 Å². The highest BCUT2D eigenvalue weighted by Gasteiger charge is 2.53. The van der Waals surface area contributed by atoms with Gasteiger partial charge in [-0.05, 0) is 102 Å². The molecule has 2 saturated heterocycles. The number of amides is 2. The molecule has 2 bridgehead atoms. The van der Waals surface area contributed by atoms with Crippen molar-refractivity contribution in [3.8, 4) is 0 Å². The van der Waals surface area contributed by atoms with Crippen LogP contribution >= 0.6 is 11.3 Å². The van der Waals surface area contributed by atoms with Gasteiger partial charge in [-0.2, -0.15) is 0 Å². The minimum Gasteiger partial charge on any atom is -0.444 e. The molecule has 1 aromatic heterocycles. The average Bonchev–Trinajstić information content (AvgIpc) is 3.25. The van der Waals surface area contributed by atoms with E-state index in [1.54, 1.807) is 21.8 Å². The molecule has 2 aliphatic carbocycles. The highest BCUT2D eigenvalue weighted by Crippen LogP contribution is 2.56. The Morgan fingerprint density at radius 2 is 1.89 bits per heavy atom. The lowest BCUT2D eigenvalue weighted by molar-refractivity contribution is -0.121. The van der Waals surface area contributed by atoms with Crippen molar-refractivity contribution in [1.82, 2.24) is 14.8 Å². The molecule has 2 aromatic rings. The summed E-state index contributed by atoms with van der Waals surface area (Å²) in [5, 5.41) is 3.80. The molecule has 3 atom stereocenters. The number of nitrogens with zero attached hydrogens (tertiary/aromatic N) is 3. The number of piperidine rings is 2. The Labute approximate surface area is 223 Å². The number of hydrogen-bond acceptors (Lipinski definition) is 6. The molecule has 3 fully saturated rings. The third-order valence-corrected chi connectivity index (χ3v) is 10.3. The second-order valence-electron chi connectivity index (χ2n) is 12.7. The minimum atomic E-state index is -0.510. The number of ether oxygens (including phenoxy) is 1. The second-order valence-corrected chi connectivity index (χ2v) is 13.8. The van der Waals surface area contributed by atoms with Crippen LogP contribution in [-0.2, 0) is 21.4 Å². The summed E-state index contributed by atoms with van der Waals surface area (Å²) in [5.74, 6) is 0.654. The number of likely N-dealkylation sites (tertiary alicyclic amines) is 2. The van der Waals surface area contributed by atoms with E-state index in [4.69, 9.17) is 9.72 Å². The number of likely N-dealkylation sites (N-methyl/N-ethyl adjacent to an activating group) is 1. The van der Waals surface area contributed by atoms with Crippen LogP contribution in [0.15, 0.2) is 12.1 Å². The van der Waals surface area contributed by atoms with Gasteiger partial charge in [-0.25, -0.2) is 9.78 Å². The summed E-state index contributed by atoms with van der Waals surface area (Å²) in [6, 6.07) is 5.39. The molecule has 2 amide bonds. The molecular weight excluding hydrogens is 484 g/mol. The van der Waals surface area contributed by atoms with E-state index in [2.05, 4.69) is 29.4 Å². The molecule has 1 aromatic carbocycles. The Kier molecular flexibility index (Phi) is 6.26. The molecule has 200 valence electrons. The van der Waals surface area contributed by atoms with Gasteiger partial charge in [0, 0.05) is 30.5 Å². The maximum absolute atomic E-state index is 13.1. The lowest BCUT2D eigenvalue weighted by atomic mass is 9.52. The summed E-state index contributed by atoms with van der Waals surface area (Å²) >= 11 is 1.59. The SMILES string of the molecule is CN1CCC23CCCCC2C1Cc1cc2sc(NC(=O)C4CCN(C(=O)OC(C)(C)C)CC4)nc2cc13. The Balaban J connectivity index is 1.17. The van der Waals surface area contributed by atoms with Gasteiger partial charge in [0.25, 0.3) is 0 Å². The number of rotatable bonds is 2. The largest absolute Gasteiger partial charge is 0.444 e. The molecule has 0 spiro atoms. The fourth-order valence-electron chi connectivity index (χ4n) is 7.54. The van der Waals surface area contributed by atoms with E-state index in [0.29, 0.717) is 42.5 Å². The van der Waals surface area contributed by atoms with E-state index in [-0.39, 0.29) is 17.9 Å². The van der Waals surface area contributed by atoms with Crippen LogP contribution in [0.1, 0.15) is 76.8 Å². The number of hydrogen-bond donors (Lipinski definition) is 1. The first kappa shape index (κ1) is 25.1. The third kappa shape index (κ3) is 4.54. The Bertz CT molecular complexity index is 1210. The van der Waals surface area contributed by atoms with Gasteiger partial charge in [-0.3, -0.25) is 4.79 Å². The van der Waals surface area contributed by atoms with Gasteiger partial charge in [0.2, 0.25) is 5.91 Å². The predicted octanol–water partition coefficient (Wildman–Crippen LogP) is 5.57. The smallest absolute Gasteiger partial charge is 0.410 e. The lowest BCUT2D eigenvalue weighted by Gasteiger charge is -2.58. The molecular formula is C29H40N4O3S. The van der Waals surface area contributed by atoms with Gasteiger partial charge in [-0.1, -0.05) is 24.2 Å². The number of fused-ring (bicyclic) bond motifs is 2. The molecule has 3 unspecified atom stereocenters. The number of aromatic nitrogens is 1. The van der Waals surface area contributed by atoms with Crippen molar-refractivity contribution in [3.63, 3.8) is 0 Å². The second kappa shape index (κ2) is 9.23. The minimum absolute atomic E-state index is 0.0103. The van der Waals surface area contributed by atoms with E-state index < -0.39 is 5.60 Å². The van der Waals surface area contributed by atoms with Gasteiger partial charge in [0.15, 0.2) is 5.13 Å². The summed E-state index contributed by atoms with van der Waals surface area (Å²) in [6.07, 6.45) is 8.70. The number of carbonyl (C=O) groups is 2. The van der Waals surface area contributed by atoms with Crippen molar-refractivity contribution in [3.05, 3.63) is 23.3 Å². The van der Waals surface area contributed by atoms with Crippen molar-refractivity contribution < 1.29 is 14.3 Å². The van der Waals surface area contributed by atoms with E-state index in [1.807, 2.05) is 20.8 Å². The zero-order valence-corrected chi connectivity index (χ0v) is 23.5. The van der Waals surface area contributed by atoms with Crippen LogP contribution in [0.3, 0.4) is 0 Å². The average molecular weight is 525 g/mol. The fraction of sp³-hybridized carbons (Fsp3) is 0.690. The molecule has 4 aliphatic rings. The molecule has 1 saturated carbocycles. The molecule has 8 heteroatoms. The number of benzene rings is 1. The molecule has 3 heterocycles. The van der Waals surface area contributed by atoms with E-state index in [1.165, 1.54) is 48.9 Å². The summed E-state index contributed by atoms with van der Waals surface area (Å²) in [6.45, 7) is 7.88. The zero-order chi connectivity index (χ0) is 25.9. The maximum Gasteiger partial charge on any atom is 0.410 e. The Hall–Kier alpha value is -2.19. The first-order valence-corrected chi connectivity index (χ1v) is 14.9. The van der Waals surface area contributed by atoms with Crippen molar-refractivity contribution in [2.75, 3.05) is 32.0 Å². The van der Waals surface area contributed by atoms with E-state index in [9.17, 15) is 9.59 Å². The highest BCUT2D eigenvalue weighted by molar-refractivity contribution is 7.22. The van der Waals surface area contributed by atoms with Crippen LogP contribution in [-0.4, -0.2) is 65.1 Å². The fourth-order valence-corrected chi connectivity index (χ4v) is 8.45. The Morgan fingerprint density at radius 1 is 1.11 bits per heavy atom. The topological polar surface area (TPSA) is 74.8 Å². The van der Waals surface area contributed by atoms with Crippen LogP contribution in [0.2, 0.25) is 0 Å². The quantitative estimate of drug-likeness (QED) is 0.556. The molecule has 0 radical (unpaired) electrons. The third-order valence-electron chi connectivity index (χ3n) is 9.37. The van der Waals surface area contributed by atoms with Crippen LogP contribution < -0.4 is 5.32 Å². The molecule has 7 nitrogen and oxygen atoms in total. The normalized spacial score (nSPS) is 28.5. The zero-order valence-electron chi connectivity index (χ0n) is 22.6. The summed E-state index contributed by atoms with van der Waals surface area (Å²) < 4.78 is 6.65. The lowest BCUT2D eigenvalue weighted by Crippen LogP contribution is -2.59. The van der Waals surface area contributed by atoms with Crippen molar-refractivity contribution >= 4 is 38.7 Å². The molecule has 2 aliphatic heterocycles. The van der Waals surface area contributed by atoms with Gasteiger partial charge in [0.1, 0.15) is 5.60 Å². The van der Waals surface area contributed by atoms with Crippen LogP contribution in [0, 0.1) is 11.8 Å². The Morgan fingerprint density at radius 3 is 2.65 bits per heavy atom. The number of nitrogens with one attached hydrogen (secondary N) is 1. The first-order chi connectivity index (χ1) is 17.6. The number of anilines is 1. The van der Waals surface area contributed by atoms with Crippen LogP contribution in [0.25, 0.3) is 10.2 Å². The van der Waals surface area contributed by atoms with Crippen molar-refractivity contribution in [1.29, 1.82) is 0 Å². The molecule has 6 rings (SSSR count). The summed E-state index contributed by atoms with van der Waals surface area (Å²) in [4.78, 5) is 34.7. The predicted molar refractivity (Wildman–Crippen MR) is 147 cm³/mol. The molecule has 37 heavy (non-hydrogen) atoms. The number of thiazole rings is 1. The van der Waals surface area contributed by atoms with Gasteiger partial charge in [-0.15, -0.1) is 0 Å². The summed E-state index contributed by atoms with van der Waals surface area (Å²) in [5.41, 5.74) is 3.87. The maximum atomic E-state index is 13.1. The standard InChI is InChI=1S/C29H40N4O3S/c1-28(2,3)36-27(35)33-12-8-18(9-13-33)25(34)31-26-30-22-17-21-19(16-24(22)37-26)15-23-20-7-5-6-10-29(20,21)11-14-32(23)4/h16-18,20,23H,5-15H2,1-4H3,(H,30,31,34). The highest BCUT2D eigenvalue weighted by atomic mass is 32.1. The van der Waals surface area contributed by atoms with E-state index >= 15 is 0 Å². The van der Waals surface area contributed by atoms with Crippen molar-refractivity contribution in [2.24, 2.45) is 11.8 Å². The van der Waals surface area contributed by atoms with E-state index in [0.717, 1.165) is 17.9 Å². The monoisotopic (exact) mass is 524 g/mol. The van der Waals surface area contributed by atoms with Gasteiger partial charge in [0.05, 0.1) is 10.2 Å². The van der Waals surface area contributed by atoms with Gasteiger partial charge >= 0.3 is 6.09 Å².